The summed E-state index contributed by atoms with van der Waals surface area (Å²) in [5.74, 6) is 1.83. The number of nitrogens with zero attached hydrogens (tertiary/aromatic N) is 1. The third kappa shape index (κ3) is 3.41. The number of aliphatic imine (C=N–C) groups is 1. The van der Waals surface area contributed by atoms with Gasteiger partial charge in [-0.2, -0.15) is 0 Å². The van der Waals surface area contributed by atoms with Crippen LogP contribution in [0.2, 0.25) is 5.02 Å². The molecule has 1 aromatic carbocycles. The Morgan fingerprint density at radius 3 is 2.90 bits per heavy atom. The number of hydrogen-bond donors (Lipinski definition) is 1. The summed E-state index contributed by atoms with van der Waals surface area (Å²) < 4.78 is 5.39. The summed E-state index contributed by atoms with van der Waals surface area (Å²) in [6.07, 6.45) is 2.17. The molecule has 1 aromatic rings. The van der Waals surface area contributed by atoms with Gasteiger partial charge in [-0.05, 0) is 38.3 Å². The van der Waals surface area contributed by atoms with Gasteiger partial charge < -0.3 is 10.1 Å². The molecule has 0 fully saturated rings. The first kappa shape index (κ1) is 15.5. The van der Waals surface area contributed by atoms with Crippen molar-refractivity contribution in [2.24, 2.45) is 4.99 Å². The zero-order chi connectivity index (χ0) is 14.8. The molecule has 1 unspecified atom stereocenters. The standard InChI is InChI=1S/C15H21ClN2OS/c1-5-15(3)6-7-20-14(18-15)17-12-8-10(2)11(16)9-13(12)19-4/h8-9H,5-7H2,1-4H3,(H,17,18). The van der Waals surface area contributed by atoms with Crippen molar-refractivity contribution in [3.8, 4) is 5.75 Å². The van der Waals surface area contributed by atoms with E-state index in [9.17, 15) is 0 Å². The first-order valence-corrected chi connectivity index (χ1v) is 8.17. The molecule has 0 aliphatic carbocycles. The fourth-order valence-corrected chi connectivity index (χ4v) is 3.42. The van der Waals surface area contributed by atoms with Crippen molar-refractivity contribution in [2.75, 3.05) is 18.2 Å². The van der Waals surface area contributed by atoms with Gasteiger partial charge in [-0.15, -0.1) is 0 Å². The van der Waals surface area contributed by atoms with Gasteiger partial charge >= 0.3 is 0 Å². The number of halogens is 1. The van der Waals surface area contributed by atoms with E-state index in [1.807, 2.05) is 19.1 Å². The van der Waals surface area contributed by atoms with Gasteiger partial charge in [0, 0.05) is 16.8 Å². The molecule has 0 saturated heterocycles. The van der Waals surface area contributed by atoms with E-state index >= 15 is 0 Å². The van der Waals surface area contributed by atoms with E-state index in [4.69, 9.17) is 21.3 Å². The zero-order valence-corrected chi connectivity index (χ0v) is 14.0. The second kappa shape index (κ2) is 6.27. The first-order chi connectivity index (χ1) is 9.47. The van der Waals surface area contributed by atoms with E-state index in [-0.39, 0.29) is 5.54 Å². The van der Waals surface area contributed by atoms with Crippen LogP contribution in [0.1, 0.15) is 32.3 Å². The van der Waals surface area contributed by atoms with Crippen LogP contribution in [0.15, 0.2) is 17.1 Å². The van der Waals surface area contributed by atoms with Crippen molar-refractivity contribution in [3.05, 3.63) is 22.7 Å². The lowest BCUT2D eigenvalue weighted by Crippen LogP contribution is -2.29. The predicted molar refractivity (Wildman–Crippen MR) is 89.6 cm³/mol. The van der Waals surface area contributed by atoms with Crippen LogP contribution in [0.25, 0.3) is 0 Å². The van der Waals surface area contributed by atoms with E-state index in [1.165, 1.54) is 0 Å². The SMILES string of the molecule is CCC1(C)CCSC(Nc2cc(C)c(Cl)cc2OC)=N1. The number of amidine groups is 1. The minimum atomic E-state index is 0.0439. The number of benzene rings is 1. The molecule has 1 aliphatic heterocycles. The number of hydrogen-bond acceptors (Lipinski definition) is 4. The molecular weight excluding hydrogens is 292 g/mol. The molecule has 1 N–H and O–H groups in total. The van der Waals surface area contributed by atoms with Gasteiger partial charge in [0.25, 0.3) is 0 Å². The minimum Gasteiger partial charge on any atom is -0.495 e. The van der Waals surface area contributed by atoms with Crippen molar-refractivity contribution in [3.63, 3.8) is 0 Å². The van der Waals surface area contributed by atoms with E-state index in [0.717, 1.165) is 40.8 Å². The number of rotatable bonds is 3. The van der Waals surface area contributed by atoms with Crippen LogP contribution in [0, 0.1) is 6.92 Å². The van der Waals surface area contributed by atoms with Crippen LogP contribution in [0.3, 0.4) is 0 Å². The summed E-state index contributed by atoms with van der Waals surface area (Å²) >= 11 is 7.89. The first-order valence-electron chi connectivity index (χ1n) is 6.81. The summed E-state index contributed by atoms with van der Waals surface area (Å²) in [5.41, 5.74) is 1.98. The maximum Gasteiger partial charge on any atom is 0.161 e. The van der Waals surface area contributed by atoms with Gasteiger partial charge in [-0.3, -0.25) is 4.99 Å². The quantitative estimate of drug-likeness (QED) is 0.876. The Morgan fingerprint density at radius 1 is 1.50 bits per heavy atom. The summed E-state index contributed by atoms with van der Waals surface area (Å²) in [4.78, 5) is 4.83. The Kier molecular flexibility index (Phi) is 4.86. The van der Waals surface area contributed by atoms with Crippen molar-refractivity contribution in [2.45, 2.75) is 39.2 Å². The van der Waals surface area contributed by atoms with Crippen molar-refractivity contribution in [1.82, 2.24) is 0 Å². The molecule has 0 radical (unpaired) electrons. The molecule has 5 heteroatoms. The number of thioether (sulfide) groups is 1. The smallest absolute Gasteiger partial charge is 0.161 e. The fraction of sp³-hybridized carbons (Fsp3) is 0.533. The monoisotopic (exact) mass is 312 g/mol. The van der Waals surface area contributed by atoms with Gasteiger partial charge in [0.2, 0.25) is 0 Å². The van der Waals surface area contributed by atoms with Gasteiger partial charge in [0.15, 0.2) is 5.17 Å². The highest BCUT2D eigenvalue weighted by atomic mass is 35.5. The Labute approximate surface area is 130 Å². The second-order valence-electron chi connectivity index (χ2n) is 5.29. The normalized spacial score (nSPS) is 22.4. The minimum absolute atomic E-state index is 0.0439. The number of nitrogens with one attached hydrogen (secondary N) is 1. The lowest BCUT2D eigenvalue weighted by atomic mass is 9.97. The van der Waals surface area contributed by atoms with Crippen molar-refractivity contribution >= 4 is 34.2 Å². The highest BCUT2D eigenvalue weighted by Crippen LogP contribution is 2.34. The summed E-state index contributed by atoms with van der Waals surface area (Å²) in [6.45, 7) is 6.38. The average Bonchev–Trinajstić information content (AvgIpc) is 2.43. The van der Waals surface area contributed by atoms with Crippen LogP contribution >= 0.6 is 23.4 Å². The third-order valence-electron chi connectivity index (χ3n) is 3.73. The summed E-state index contributed by atoms with van der Waals surface area (Å²) in [7, 11) is 1.65. The van der Waals surface area contributed by atoms with Crippen LogP contribution in [-0.4, -0.2) is 23.6 Å². The number of anilines is 1. The second-order valence-corrected chi connectivity index (χ2v) is 6.78. The zero-order valence-electron chi connectivity index (χ0n) is 12.4. The van der Waals surface area contributed by atoms with Crippen LogP contribution in [0.5, 0.6) is 5.75 Å². The van der Waals surface area contributed by atoms with Crippen molar-refractivity contribution < 1.29 is 4.74 Å². The molecule has 1 aliphatic rings. The Morgan fingerprint density at radius 2 is 2.25 bits per heavy atom. The summed E-state index contributed by atoms with van der Waals surface area (Å²) in [6, 6.07) is 3.84. The summed E-state index contributed by atoms with van der Waals surface area (Å²) in [5, 5.41) is 5.06. The highest BCUT2D eigenvalue weighted by Gasteiger charge is 2.26. The molecule has 110 valence electrons. The number of methoxy groups -OCH3 is 1. The maximum atomic E-state index is 6.13. The van der Waals surface area contributed by atoms with Crippen molar-refractivity contribution in [1.29, 1.82) is 0 Å². The lowest BCUT2D eigenvalue weighted by molar-refractivity contribution is 0.416. The van der Waals surface area contributed by atoms with Crippen LogP contribution in [-0.2, 0) is 0 Å². The van der Waals surface area contributed by atoms with Gasteiger partial charge in [0.1, 0.15) is 5.75 Å². The fourth-order valence-electron chi connectivity index (χ4n) is 2.07. The molecule has 0 spiro atoms. The van der Waals surface area contributed by atoms with Crippen LogP contribution < -0.4 is 10.1 Å². The van der Waals surface area contributed by atoms with E-state index in [0.29, 0.717) is 5.02 Å². The van der Waals surface area contributed by atoms with Crippen LogP contribution in [0.4, 0.5) is 5.69 Å². The van der Waals surface area contributed by atoms with Gasteiger partial charge in [0.05, 0.1) is 18.3 Å². The molecule has 1 atom stereocenters. The lowest BCUT2D eigenvalue weighted by Gasteiger charge is -2.29. The van der Waals surface area contributed by atoms with E-state index in [1.54, 1.807) is 18.9 Å². The van der Waals surface area contributed by atoms with Gasteiger partial charge in [-0.1, -0.05) is 30.3 Å². The maximum absolute atomic E-state index is 6.13. The third-order valence-corrected chi connectivity index (χ3v) is 5.02. The average molecular weight is 313 g/mol. The highest BCUT2D eigenvalue weighted by molar-refractivity contribution is 8.14. The van der Waals surface area contributed by atoms with E-state index in [2.05, 4.69) is 19.2 Å². The molecular formula is C15H21ClN2OS. The molecule has 1 heterocycles. The number of ether oxygens (including phenoxy) is 1. The largest absolute Gasteiger partial charge is 0.495 e. The Bertz CT molecular complexity index is 533. The predicted octanol–water partition coefficient (Wildman–Crippen LogP) is 4.73. The number of aryl methyl sites for hydroxylation is 1. The molecule has 3 nitrogen and oxygen atoms in total. The topological polar surface area (TPSA) is 33.6 Å². The Balaban J connectivity index is 2.28. The molecule has 0 bridgehead atoms. The molecule has 2 rings (SSSR count). The van der Waals surface area contributed by atoms with Gasteiger partial charge in [-0.25, -0.2) is 0 Å². The molecule has 0 amide bonds. The molecule has 0 aromatic heterocycles. The van der Waals surface area contributed by atoms with E-state index < -0.39 is 0 Å². The molecule has 20 heavy (non-hydrogen) atoms. The molecule has 0 saturated carbocycles. The Hall–Kier alpha value is -0.870.